The van der Waals surface area contributed by atoms with E-state index in [9.17, 15) is 16.8 Å². The van der Waals surface area contributed by atoms with E-state index in [4.69, 9.17) is 0 Å². The van der Waals surface area contributed by atoms with E-state index in [0.717, 1.165) is 4.31 Å². The van der Waals surface area contributed by atoms with Gasteiger partial charge in [-0.2, -0.15) is 4.31 Å². The molecule has 136 valence electrons. The molecule has 1 fully saturated rings. The molecule has 2 atom stereocenters. The van der Waals surface area contributed by atoms with Crippen molar-refractivity contribution in [3.63, 3.8) is 0 Å². The molecule has 2 rings (SSSR count). The fourth-order valence-electron chi connectivity index (χ4n) is 2.74. The molecule has 0 unspecified atom stereocenters. The molecule has 0 aliphatic carbocycles. The first-order valence-corrected chi connectivity index (χ1v) is 10.6. The lowest BCUT2D eigenvalue weighted by molar-refractivity contribution is 0.109. The van der Waals surface area contributed by atoms with Crippen molar-refractivity contribution in [2.24, 2.45) is 0 Å². The molecular formula is C15H25N3O4S2. The molecule has 1 aromatic carbocycles. The van der Waals surface area contributed by atoms with Gasteiger partial charge in [-0.05, 0) is 45.2 Å². The molecule has 0 bridgehead atoms. The molecule has 1 aromatic rings. The highest BCUT2D eigenvalue weighted by molar-refractivity contribution is 7.89. The predicted molar refractivity (Wildman–Crippen MR) is 92.8 cm³/mol. The van der Waals surface area contributed by atoms with Gasteiger partial charge in [-0.25, -0.2) is 21.1 Å². The van der Waals surface area contributed by atoms with Crippen molar-refractivity contribution in [1.29, 1.82) is 0 Å². The molecule has 0 amide bonds. The smallest absolute Gasteiger partial charge is 0.243 e. The van der Waals surface area contributed by atoms with E-state index in [-0.39, 0.29) is 21.9 Å². The van der Waals surface area contributed by atoms with Crippen LogP contribution in [0, 0.1) is 0 Å². The number of benzene rings is 1. The van der Waals surface area contributed by atoms with E-state index >= 15 is 0 Å². The van der Waals surface area contributed by atoms with Crippen molar-refractivity contribution in [3.8, 4) is 0 Å². The van der Waals surface area contributed by atoms with Crippen LogP contribution in [0.5, 0.6) is 0 Å². The van der Waals surface area contributed by atoms with Crippen LogP contribution in [0.25, 0.3) is 0 Å². The molecule has 1 heterocycles. The van der Waals surface area contributed by atoms with E-state index in [1.54, 1.807) is 0 Å². The van der Waals surface area contributed by atoms with E-state index in [1.165, 1.54) is 42.7 Å². The van der Waals surface area contributed by atoms with E-state index in [1.807, 2.05) is 20.9 Å². The Hall–Kier alpha value is -1.00. The number of rotatable bonds is 4. The Balaban J connectivity index is 2.34. The van der Waals surface area contributed by atoms with Crippen molar-refractivity contribution in [2.75, 3.05) is 34.2 Å². The molecule has 7 nitrogen and oxygen atoms in total. The number of hydrogen-bond acceptors (Lipinski definition) is 5. The Bertz CT molecular complexity index is 789. The van der Waals surface area contributed by atoms with Crippen LogP contribution in [0.4, 0.5) is 0 Å². The maximum Gasteiger partial charge on any atom is 0.243 e. The van der Waals surface area contributed by atoms with Gasteiger partial charge in [0.25, 0.3) is 0 Å². The van der Waals surface area contributed by atoms with Crippen LogP contribution < -0.4 is 0 Å². The average molecular weight is 376 g/mol. The second-order valence-corrected chi connectivity index (χ2v) is 10.4. The second kappa shape index (κ2) is 6.72. The minimum absolute atomic E-state index is 0.0752. The number of sulfonamides is 2. The molecule has 24 heavy (non-hydrogen) atoms. The summed E-state index contributed by atoms with van der Waals surface area (Å²) in [4.78, 5) is 2.32. The van der Waals surface area contributed by atoms with Gasteiger partial charge >= 0.3 is 0 Å². The summed E-state index contributed by atoms with van der Waals surface area (Å²) in [6.45, 7) is 4.97. The molecule has 0 N–H and O–H groups in total. The number of piperazine rings is 1. The third kappa shape index (κ3) is 3.36. The van der Waals surface area contributed by atoms with Crippen LogP contribution in [0.3, 0.4) is 0 Å². The maximum absolute atomic E-state index is 12.9. The van der Waals surface area contributed by atoms with Gasteiger partial charge in [-0.3, -0.25) is 0 Å². The fourth-order valence-corrected chi connectivity index (χ4v) is 5.33. The third-order valence-electron chi connectivity index (χ3n) is 4.73. The lowest BCUT2D eigenvalue weighted by atomic mass is 10.1. The van der Waals surface area contributed by atoms with Gasteiger partial charge in [0.15, 0.2) is 0 Å². The van der Waals surface area contributed by atoms with Gasteiger partial charge < -0.3 is 4.90 Å². The summed E-state index contributed by atoms with van der Waals surface area (Å²) in [5, 5.41) is 0. The molecule has 0 radical (unpaired) electrons. The topological polar surface area (TPSA) is 78.0 Å². The lowest BCUT2D eigenvalue weighted by Gasteiger charge is -2.42. The summed E-state index contributed by atoms with van der Waals surface area (Å²) in [5.41, 5.74) is 0. The molecule has 0 saturated carbocycles. The van der Waals surface area contributed by atoms with Crippen LogP contribution in [-0.2, 0) is 20.0 Å². The van der Waals surface area contributed by atoms with E-state index in [2.05, 4.69) is 4.90 Å². The molecule has 0 spiro atoms. The van der Waals surface area contributed by atoms with Crippen molar-refractivity contribution in [3.05, 3.63) is 24.3 Å². The van der Waals surface area contributed by atoms with Crippen molar-refractivity contribution >= 4 is 20.0 Å². The van der Waals surface area contributed by atoms with Crippen LogP contribution in [0.1, 0.15) is 13.8 Å². The SMILES string of the molecule is C[C@@H]1[C@H](C)N(C)CCN1S(=O)(=O)c1ccc(S(=O)(=O)N(C)C)cc1. The molecule has 1 saturated heterocycles. The Morgan fingerprint density at radius 2 is 1.42 bits per heavy atom. The lowest BCUT2D eigenvalue weighted by Crippen LogP contribution is -2.57. The summed E-state index contributed by atoms with van der Waals surface area (Å²) >= 11 is 0. The van der Waals surface area contributed by atoms with Gasteiger partial charge in [-0.15, -0.1) is 0 Å². The highest BCUT2D eigenvalue weighted by atomic mass is 32.2. The van der Waals surface area contributed by atoms with E-state index < -0.39 is 20.0 Å². The maximum atomic E-state index is 12.9. The molecule has 9 heteroatoms. The summed E-state index contributed by atoms with van der Waals surface area (Å²) < 4.78 is 52.5. The van der Waals surface area contributed by atoms with Gasteiger partial charge in [0.1, 0.15) is 0 Å². The summed E-state index contributed by atoms with van der Waals surface area (Å²) in [6, 6.07) is 5.36. The zero-order chi connectivity index (χ0) is 18.3. The highest BCUT2D eigenvalue weighted by Gasteiger charge is 2.36. The van der Waals surface area contributed by atoms with Crippen molar-refractivity contribution < 1.29 is 16.8 Å². The van der Waals surface area contributed by atoms with Gasteiger partial charge in [0.2, 0.25) is 20.0 Å². The molecule has 1 aliphatic rings. The van der Waals surface area contributed by atoms with Gasteiger partial charge in [0, 0.05) is 39.3 Å². The normalized spacial score (nSPS) is 24.4. The van der Waals surface area contributed by atoms with Gasteiger partial charge in [0.05, 0.1) is 9.79 Å². The Morgan fingerprint density at radius 3 is 1.92 bits per heavy atom. The molecule has 1 aliphatic heterocycles. The van der Waals surface area contributed by atoms with Crippen LogP contribution in [0.15, 0.2) is 34.1 Å². The Kier molecular flexibility index (Phi) is 5.41. The molecule has 0 aromatic heterocycles. The Labute approximate surface area is 145 Å². The monoisotopic (exact) mass is 375 g/mol. The van der Waals surface area contributed by atoms with Crippen molar-refractivity contribution in [1.82, 2.24) is 13.5 Å². The molecular weight excluding hydrogens is 350 g/mol. The first-order valence-electron chi connectivity index (χ1n) is 7.74. The van der Waals surface area contributed by atoms with Crippen LogP contribution >= 0.6 is 0 Å². The van der Waals surface area contributed by atoms with Crippen molar-refractivity contribution in [2.45, 2.75) is 35.7 Å². The standard InChI is InChI=1S/C15H25N3O4S2/c1-12-13(2)18(11-10-17(12)5)24(21,22)15-8-6-14(7-9-15)23(19,20)16(3)4/h6-9,12-13H,10-11H2,1-5H3/t12-,13+/m0/s1. The minimum Gasteiger partial charge on any atom is -0.301 e. The Morgan fingerprint density at radius 1 is 0.917 bits per heavy atom. The van der Waals surface area contributed by atoms with E-state index in [0.29, 0.717) is 13.1 Å². The summed E-state index contributed by atoms with van der Waals surface area (Å²) in [5.74, 6) is 0. The largest absolute Gasteiger partial charge is 0.301 e. The van der Waals surface area contributed by atoms with Gasteiger partial charge in [-0.1, -0.05) is 0 Å². The summed E-state index contributed by atoms with van der Waals surface area (Å²) in [7, 11) is -2.37. The fraction of sp³-hybridized carbons (Fsp3) is 0.600. The van der Waals surface area contributed by atoms with Crippen LogP contribution in [-0.4, -0.2) is 76.7 Å². The number of nitrogens with zero attached hydrogens (tertiary/aromatic N) is 3. The summed E-state index contributed by atoms with van der Waals surface area (Å²) in [6.07, 6.45) is 0. The number of hydrogen-bond donors (Lipinski definition) is 0. The predicted octanol–water partition coefficient (Wildman–Crippen LogP) is 0.650. The van der Waals surface area contributed by atoms with Crippen LogP contribution in [0.2, 0.25) is 0 Å². The quantitative estimate of drug-likeness (QED) is 0.772. The first kappa shape index (κ1) is 19.3. The number of likely N-dealkylation sites (N-methyl/N-ethyl adjacent to an activating group) is 1. The zero-order valence-electron chi connectivity index (χ0n) is 14.7. The third-order valence-corrected chi connectivity index (χ3v) is 8.56. The zero-order valence-corrected chi connectivity index (χ0v) is 16.3. The second-order valence-electron chi connectivity index (χ2n) is 6.34. The average Bonchev–Trinajstić information content (AvgIpc) is 2.52. The minimum atomic E-state index is -3.65. The highest BCUT2D eigenvalue weighted by Crippen LogP contribution is 2.25. The first-order chi connectivity index (χ1) is 11.0.